The average Bonchev–Trinajstić information content (AvgIpc) is 3.04. The molecule has 39 heavy (non-hydrogen) atoms. The molecule has 0 radical (unpaired) electrons. The summed E-state index contributed by atoms with van der Waals surface area (Å²) in [6.45, 7) is 0.00101. The van der Waals surface area contributed by atoms with Gasteiger partial charge in [0.15, 0.2) is 23.1 Å². The summed E-state index contributed by atoms with van der Waals surface area (Å²) in [7, 11) is -2.30. The Morgan fingerprint density at radius 1 is 1.10 bits per heavy atom. The van der Waals surface area contributed by atoms with Crippen LogP contribution in [0.25, 0.3) is 0 Å². The van der Waals surface area contributed by atoms with Crippen LogP contribution in [0.1, 0.15) is 29.7 Å². The van der Waals surface area contributed by atoms with Gasteiger partial charge in [0.1, 0.15) is 12.1 Å². The molecule has 0 aliphatic carbocycles. The van der Waals surface area contributed by atoms with Gasteiger partial charge in [0.25, 0.3) is 5.91 Å². The molecule has 0 aromatic heterocycles. The molecule has 2 aromatic rings. The number of amides is 1. The monoisotopic (exact) mass is 569 g/mol. The third-order valence-electron chi connectivity index (χ3n) is 7.01. The highest BCUT2D eigenvalue weighted by Gasteiger charge is 2.52. The maximum Gasteiger partial charge on any atom is 0.488 e. The Bertz CT molecular complexity index is 1400. The number of thioether (sulfide) groups is 1. The second-order valence-electron chi connectivity index (χ2n) is 9.22. The molecule has 4 N–H and O–H groups in total. The Labute approximate surface area is 223 Å². The fraction of sp³-hybridized carbons (Fsp3) is 0.292. The van der Waals surface area contributed by atoms with Crippen molar-refractivity contribution >= 4 is 24.8 Å². The molecule has 1 amide bonds. The highest BCUT2D eigenvalue weighted by Crippen LogP contribution is 2.47. The molecule has 1 fully saturated rings. The van der Waals surface area contributed by atoms with Gasteiger partial charge in [-0.3, -0.25) is 9.80 Å². The fourth-order valence-electron chi connectivity index (χ4n) is 4.89. The second kappa shape index (κ2) is 9.82. The molecule has 3 aliphatic heterocycles. The van der Waals surface area contributed by atoms with Crippen LogP contribution in [0.5, 0.6) is 0 Å². The Morgan fingerprint density at radius 2 is 1.79 bits per heavy atom. The number of benzene rings is 2. The predicted octanol–water partition coefficient (Wildman–Crippen LogP) is 2.97. The summed E-state index contributed by atoms with van der Waals surface area (Å²) < 4.78 is 70.9. The van der Waals surface area contributed by atoms with Crippen molar-refractivity contribution in [2.24, 2.45) is 0 Å². The molecule has 0 bridgehead atoms. The molecule has 206 valence electrons. The van der Waals surface area contributed by atoms with E-state index in [4.69, 9.17) is 0 Å². The molecule has 1 saturated heterocycles. The lowest BCUT2D eigenvalue weighted by molar-refractivity contribution is -0.204. The van der Waals surface area contributed by atoms with Crippen LogP contribution in [0, 0.1) is 11.6 Å². The maximum atomic E-state index is 15.1. The van der Waals surface area contributed by atoms with Crippen molar-refractivity contribution in [2.45, 2.75) is 41.9 Å². The van der Waals surface area contributed by atoms with Crippen LogP contribution < -0.4 is 0 Å². The minimum absolute atomic E-state index is 0.00895. The largest absolute Gasteiger partial charge is 0.507 e. The molecular formula is C24H21BF5N3O5S. The van der Waals surface area contributed by atoms with Gasteiger partial charge in [-0.1, -0.05) is 24.3 Å². The van der Waals surface area contributed by atoms with Crippen LogP contribution in [0.3, 0.4) is 0 Å². The van der Waals surface area contributed by atoms with Gasteiger partial charge in [-0.2, -0.15) is 18.2 Å². The molecule has 3 atom stereocenters. The van der Waals surface area contributed by atoms with Crippen LogP contribution in [0.15, 0.2) is 64.4 Å². The van der Waals surface area contributed by atoms with E-state index < -0.39 is 72.6 Å². The van der Waals surface area contributed by atoms with Crippen molar-refractivity contribution in [2.75, 3.05) is 6.67 Å². The lowest BCUT2D eigenvalue weighted by Crippen LogP contribution is -2.63. The molecule has 0 spiro atoms. The van der Waals surface area contributed by atoms with Gasteiger partial charge in [-0.05, 0) is 30.2 Å². The number of carbonyl (C=O) groups excluding carboxylic acids is 1. The zero-order chi connectivity index (χ0) is 28.4. The minimum atomic E-state index is -4.88. The second-order valence-corrected chi connectivity index (χ2v) is 10.2. The molecule has 5 rings (SSSR count). The van der Waals surface area contributed by atoms with E-state index in [2.05, 4.69) is 0 Å². The van der Waals surface area contributed by atoms with Gasteiger partial charge in [0.2, 0.25) is 0 Å². The molecule has 0 saturated carbocycles. The predicted molar refractivity (Wildman–Crippen MR) is 129 cm³/mol. The van der Waals surface area contributed by atoms with E-state index in [-0.39, 0.29) is 16.9 Å². The van der Waals surface area contributed by atoms with Crippen LogP contribution in [0.2, 0.25) is 0 Å². The Kier molecular flexibility index (Phi) is 6.91. The summed E-state index contributed by atoms with van der Waals surface area (Å²) in [5, 5.41) is 42.9. The third-order valence-corrected chi connectivity index (χ3v) is 8.12. The first-order valence-electron chi connectivity index (χ1n) is 11.6. The van der Waals surface area contributed by atoms with E-state index in [1.807, 2.05) is 0 Å². The Hall–Kier alpha value is -3.11. The van der Waals surface area contributed by atoms with Crippen molar-refractivity contribution in [1.29, 1.82) is 0 Å². The number of hydrogen-bond donors (Lipinski definition) is 4. The number of carbonyl (C=O) groups is 1. The van der Waals surface area contributed by atoms with Crippen LogP contribution in [-0.4, -0.2) is 73.2 Å². The van der Waals surface area contributed by atoms with E-state index in [0.29, 0.717) is 15.4 Å². The van der Waals surface area contributed by atoms with Gasteiger partial charge < -0.3 is 25.2 Å². The lowest BCUT2D eigenvalue weighted by Gasteiger charge is -2.51. The van der Waals surface area contributed by atoms with E-state index in [9.17, 15) is 42.6 Å². The number of nitrogens with zero attached hydrogens (tertiary/aromatic N) is 3. The minimum Gasteiger partial charge on any atom is -0.507 e. The number of fused-ring (bicyclic) bond motifs is 3. The normalized spacial score (nSPS) is 22.6. The first kappa shape index (κ1) is 27.5. The third kappa shape index (κ3) is 4.47. The maximum absolute atomic E-state index is 15.1. The van der Waals surface area contributed by atoms with Crippen molar-refractivity contribution in [1.82, 2.24) is 14.9 Å². The lowest BCUT2D eigenvalue weighted by atomic mass is 9.74. The number of aliphatic hydroxyl groups is 2. The molecule has 8 nitrogen and oxygen atoms in total. The Morgan fingerprint density at radius 3 is 2.46 bits per heavy atom. The highest BCUT2D eigenvalue weighted by molar-refractivity contribution is 7.98. The summed E-state index contributed by atoms with van der Waals surface area (Å²) in [6, 6.07) is 5.39. The number of alkyl halides is 3. The zero-order valence-electron chi connectivity index (χ0n) is 20.1. The molecule has 2 aromatic carbocycles. The van der Waals surface area contributed by atoms with Crippen molar-refractivity contribution in [3.63, 3.8) is 0 Å². The van der Waals surface area contributed by atoms with Crippen molar-refractivity contribution < 1.29 is 47.0 Å². The van der Waals surface area contributed by atoms with E-state index in [0.717, 1.165) is 24.2 Å². The Balaban J connectivity index is 1.78. The molecule has 3 heterocycles. The summed E-state index contributed by atoms with van der Waals surface area (Å²) in [5.41, 5.74) is -0.705. The number of halogens is 5. The van der Waals surface area contributed by atoms with Gasteiger partial charge in [-0.15, -0.1) is 11.8 Å². The van der Waals surface area contributed by atoms with Crippen LogP contribution >= 0.6 is 11.8 Å². The van der Waals surface area contributed by atoms with Gasteiger partial charge in [0, 0.05) is 27.9 Å². The first-order valence-corrected chi connectivity index (χ1v) is 12.6. The van der Waals surface area contributed by atoms with Crippen molar-refractivity contribution in [3.8, 4) is 0 Å². The average molecular weight is 569 g/mol. The molecule has 3 aliphatic rings. The standard InChI is InChI=1S/C24H21BF5N3O5S/c1-11(24(28,29)30)31-10-33(32-8-15(25(37)38)21(34)22(35)20(32)23(31)36)19-12-6-7-16(26)18(27)14(12)9-39-17-5-3-2-4-13(17)19/h2-8,11,19,21,34-35,37-38H,9-10H2,1H3/t11-,19+,21?/m1/s1. The summed E-state index contributed by atoms with van der Waals surface area (Å²) in [5.74, 6) is -4.65. The number of hydrazine groups is 1. The molecule has 15 heteroatoms. The zero-order valence-corrected chi connectivity index (χ0v) is 20.9. The van der Waals surface area contributed by atoms with Crippen molar-refractivity contribution in [3.05, 3.63) is 87.9 Å². The highest BCUT2D eigenvalue weighted by atomic mass is 32.2. The summed E-state index contributed by atoms with van der Waals surface area (Å²) >= 11 is 1.18. The van der Waals surface area contributed by atoms with Gasteiger partial charge in [0.05, 0.1) is 12.7 Å². The number of aliphatic hydroxyl groups excluding tert-OH is 2. The van der Waals surface area contributed by atoms with Crippen LogP contribution in [-0.2, 0) is 10.5 Å². The number of rotatable bonds is 3. The van der Waals surface area contributed by atoms with Crippen LogP contribution in [0.4, 0.5) is 22.0 Å². The van der Waals surface area contributed by atoms with E-state index >= 15 is 4.39 Å². The summed E-state index contributed by atoms with van der Waals surface area (Å²) in [4.78, 5) is 14.4. The SMILES string of the molecule is C[C@@H](N1CN([C@@H]2c3ccccc3SCc3c2ccc(F)c3F)N2C=C(B(O)O)C(O)C(O)=C2C1=O)C(F)(F)F. The van der Waals surface area contributed by atoms with E-state index in [1.165, 1.54) is 22.8 Å². The smallest absolute Gasteiger partial charge is 0.488 e. The van der Waals surface area contributed by atoms with Gasteiger partial charge in [-0.25, -0.2) is 8.78 Å². The summed E-state index contributed by atoms with van der Waals surface area (Å²) in [6.07, 6.45) is -6.04. The van der Waals surface area contributed by atoms with Gasteiger partial charge >= 0.3 is 13.3 Å². The molecular weight excluding hydrogens is 548 g/mol. The quantitative estimate of drug-likeness (QED) is 0.331. The first-order chi connectivity index (χ1) is 18.3. The van der Waals surface area contributed by atoms with E-state index in [1.54, 1.807) is 24.3 Å². The topological polar surface area (TPSA) is 108 Å². The molecule has 1 unspecified atom stereocenters. The fourth-order valence-corrected chi connectivity index (χ4v) is 6.01. The number of hydrogen-bond acceptors (Lipinski definition) is 8.